The number of benzene rings is 2. The molecule has 0 aromatic heterocycles. The first-order valence-corrected chi connectivity index (χ1v) is 9.52. The lowest BCUT2D eigenvalue weighted by Crippen LogP contribution is -2.28. The molecule has 0 saturated heterocycles. The first-order valence-electron chi connectivity index (χ1n) is 8.08. The van der Waals surface area contributed by atoms with Crippen LogP contribution >= 0.6 is 0 Å². The largest absolute Gasteiger partial charge is 0.322 e. The monoisotopic (exact) mass is 382 g/mol. The summed E-state index contributed by atoms with van der Waals surface area (Å²) in [4.78, 5) is 12.1. The zero-order valence-corrected chi connectivity index (χ0v) is 15.3. The van der Waals surface area contributed by atoms with E-state index in [1.807, 2.05) is 6.92 Å². The lowest BCUT2D eigenvalue weighted by molar-refractivity contribution is 0.102. The molecule has 1 N–H and O–H groups in total. The van der Waals surface area contributed by atoms with Crippen molar-refractivity contribution in [1.29, 1.82) is 0 Å². The average Bonchev–Trinajstić information content (AvgIpc) is 2.59. The standard InChI is InChI=1S/C18H20F2N2O3S/c1-3-4-10-22(2)26(24,25)15-8-9-17(20)16(12-15)18(23)21-14-7-5-6-13(19)11-14/h5-9,11-12H,3-4,10H2,1-2H3,(H,21,23). The molecular weight excluding hydrogens is 362 g/mol. The van der Waals surface area contributed by atoms with Crippen molar-refractivity contribution in [2.45, 2.75) is 24.7 Å². The maximum atomic E-state index is 14.1. The smallest absolute Gasteiger partial charge is 0.258 e. The molecular formula is C18H20F2N2O3S. The maximum Gasteiger partial charge on any atom is 0.258 e. The number of unbranched alkanes of at least 4 members (excludes halogenated alkanes) is 1. The Balaban J connectivity index is 2.30. The highest BCUT2D eigenvalue weighted by atomic mass is 32.2. The SMILES string of the molecule is CCCCN(C)S(=O)(=O)c1ccc(F)c(C(=O)Nc2cccc(F)c2)c1. The van der Waals surface area contributed by atoms with Crippen LogP contribution < -0.4 is 5.32 Å². The second-order valence-electron chi connectivity index (χ2n) is 5.79. The van der Waals surface area contributed by atoms with Gasteiger partial charge in [0.15, 0.2) is 0 Å². The van der Waals surface area contributed by atoms with Crippen LogP contribution in [0.25, 0.3) is 0 Å². The molecule has 1 amide bonds. The lowest BCUT2D eigenvalue weighted by atomic mass is 10.2. The first-order chi connectivity index (χ1) is 12.3. The number of carbonyl (C=O) groups is 1. The van der Waals surface area contributed by atoms with E-state index in [2.05, 4.69) is 5.32 Å². The van der Waals surface area contributed by atoms with Crippen LogP contribution in [0.2, 0.25) is 0 Å². The minimum atomic E-state index is -3.84. The second kappa shape index (κ2) is 8.37. The zero-order chi connectivity index (χ0) is 19.3. The second-order valence-corrected chi connectivity index (χ2v) is 7.83. The van der Waals surface area contributed by atoms with E-state index >= 15 is 0 Å². The van der Waals surface area contributed by atoms with Gasteiger partial charge in [-0.3, -0.25) is 4.79 Å². The van der Waals surface area contributed by atoms with Gasteiger partial charge in [-0.1, -0.05) is 19.4 Å². The minimum absolute atomic E-state index is 0.141. The quantitative estimate of drug-likeness (QED) is 0.795. The van der Waals surface area contributed by atoms with Crippen molar-refractivity contribution in [2.75, 3.05) is 18.9 Å². The fourth-order valence-electron chi connectivity index (χ4n) is 2.28. The molecule has 5 nitrogen and oxygen atoms in total. The fourth-order valence-corrected chi connectivity index (χ4v) is 3.52. The third kappa shape index (κ3) is 4.64. The highest BCUT2D eigenvalue weighted by molar-refractivity contribution is 7.89. The van der Waals surface area contributed by atoms with Crippen LogP contribution in [0.5, 0.6) is 0 Å². The Kier molecular flexibility index (Phi) is 6.44. The predicted molar refractivity (Wildman–Crippen MR) is 95.5 cm³/mol. The van der Waals surface area contributed by atoms with Gasteiger partial charge in [-0.05, 0) is 42.8 Å². The molecule has 0 fully saturated rings. The van der Waals surface area contributed by atoms with Crippen molar-refractivity contribution in [2.24, 2.45) is 0 Å². The van der Waals surface area contributed by atoms with Crippen LogP contribution in [0, 0.1) is 11.6 Å². The normalized spacial score (nSPS) is 11.6. The molecule has 0 unspecified atom stereocenters. The van der Waals surface area contributed by atoms with E-state index in [1.165, 1.54) is 25.2 Å². The summed E-state index contributed by atoms with van der Waals surface area (Å²) in [5.74, 6) is -2.28. The van der Waals surface area contributed by atoms with E-state index in [0.29, 0.717) is 13.0 Å². The summed E-state index contributed by atoms with van der Waals surface area (Å²) < 4.78 is 53.5. The maximum absolute atomic E-state index is 14.1. The Bertz CT molecular complexity index is 901. The molecule has 0 aliphatic heterocycles. The lowest BCUT2D eigenvalue weighted by Gasteiger charge is -2.17. The summed E-state index contributed by atoms with van der Waals surface area (Å²) in [6.07, 6.45) is 1.51. The Hall–Kier alpha value is -2.32. The molecule has 0 saturated carbocycles. The van der Waals surface area contributed by atoms with Gasteiger partial charge >= 0.3 is 0 Å². The predicted octanol–water partition coefficient (Wildman–Crippen LogP) is 3.64. The number of halogens is 2. The van der Waals surface area contributed by atoms with Gasteiger partial charge in [-0.25, -0.2) is 21.5 Å². The molecule has 2 aromatic carbocycles. The van der Waals surface area contributed by atoms with Gasteiger partial charge in [0.05, 0.1) is 10.5 Å². The number of carbonyl (C=O) groups excluding carboxylic acids is 1. The summed E-state index contributed by atoms with van der Waals surface area (Å²) in [5.41, 5.74) is -0.290. The number of amides is 1. The Morgan fingerprint density at radius 1 is 1.15 bits per heavy atom. The van der Waals surface area contributed by atoms with Crippen LogP contribution in [-0.4, -0.2) is 32.2 Å². The molecule has 2 rings (SSSR count). The van der Waals surface area contributed by atoms with E-state index in [0.717, 1.165) is 35.0 Å². The van der Waals surface area contributed by atoms with E-state index in [-0.39, 0.29) is 10.6 Å². The van der Waals surface area contributed by atoms with Gasteiger partial charge in [0.25, 0.3) is 5.91 Å². The number of nitrogens with one attached hydrogen (secondary N) is 1. The zero-order valence-electron chi connectivity index (χ0n) is 14.5. The molecule has 0 radical (unpaired) electrons. The minimum Gasteiger partial charge on any atom is -0.322 e. The van der Waals surface area contributed by atoms with Crippen molar-refractivity contribution in [3.8, 4) is 0 Å². The van der Waals surface area contributed by atoms with Crippen molar-refractivity contribution in [1.82, 2.24) is 4.31 Å². The van der Waals surface area contributed by atoms with Crippen LogP contribution in [0.4, 0.5) is 14.5 Å². The van der Waals surface area contributed by atoms with Gasteiger partial charge in [-0.2, -0.15) is 0 Å². The molecule has 0 spiro atoms. The van der Waals surface area contributed by atoms with E-state index in [9.17, 15) is 22.0 Å². The highest BCUT2D eigenvalue weighted by Gasteiger charge is 2.23. The van der Waals surface area contributed by atoms with Gasteiger partial charge < -0.3 is 5.32 Å². The van der Waals surface area contributed by atoms with E-state index < -0.39 is 33.1 Å². The molecule has 0 aliphatic carbocycles. The summed E-state index contributed by atoms with van der Waals surface area (Å²) >= 11 is 0. The molecule has 0 atom stereocenters. The molecule has 26 heavy (non-hydrogen) atoms. The summed E-state index contributed by atoms with van der Waals surface area (Å²) in [5, 5.41) is 2.35. The van der Waals surface area contributed by atoms with Crippen LogP contribution in [0.1, 0.15) is 30.1 Å². The molecule has 0 bridgehead atoms. The molecule has 0 heterocycles. The topological polar surface area (TPSA) is 66.5 Å². The number of hydrogen-bond acceptors (Lipinski definition) is 3. The Morgan fingerprint density at radius 3 is 2.54 bits per heavy atom. The number of sulfonamides is 1. The molecule has 2 aromatic rings. The summed E-state index contributed by atoms with van der Waals surface area (Å²) in [6.45, 7) is 2.26. The summed E-state index contributed by atoms with van der Waals surface area (Å²) in [6, 6.07) is 8.15. The van der Waals surface area contributed by atoms with Gasteiger partial charge in [0.1, 0.15) is 11.6 Å². The van der Waals surface area contributed by atoms with Crippen molar-refractivity contribution in [3.05, 3.63) is 59.7 Å². The number of anilines is 1. The van der Waals surface area contributed by atoms with Crippen molar-refractivity contribution >= 4 is 21.6 Å². The van der Waals surface area contributed by atoms with Gasteiger partial charge in [0.2, 0.25) is 10.0 Å². The molecule has 140 valence electrons. The van der Waals surface area contributed by atoms with Crippen molar-refractivity contribution < 1.29 is 22.0 Å². The van der Waals surface area contributed by atoms with E-state index in [1.54, 1.807) is 0 Å². The number of rotatable bonds is 7. The van der Waals surface area contributed by atoms with E-state index in [4.69, 9.17) is 0 Å². The Labute approximate surface area is 151 Å². The third-order valence-corrected chi connectivity index (χ3v) is 5.65. The number of hydrogen-bond donors (Lipinski definition) is 1. The van der Waals surface area contributed by atoms with Crippen LogP contribution in [0.15, 0.2) is 47.4 Å². The van der Waals surface area contributed by atoms with Gasteiger partial charge in [-0.15, -0.1) is 0 Å². The highest BCUT2D eigenvalue weighted by Crippen LogP contribution is 2.20. The fraction of sp³-hybridized carbons (Fsp3) is 0.278. The number of nitrogens with zero attached hydrogens (tertiary/aromatic N) is 1. The Morgan fingerprint density at radius 2 is 1.88 bits per heavy atom. The summed E-state index contributed by atoms with van der Waals surface area (Å²) in [7, 11) is -2.41. The average molecular weight is 382 g/mol. The first kappa shape index (κ1) is 20.0. The molecule has 0 aliphatic rings. The van der Waals surface area contributed by atoms with Gasteiger partial charge in [0, 0.05) is 19.3 Å². The van der Waals surface area contributed by atoms with Crippen molar-refractivity contribution in [3.63, 3.8) is 0 Å². The van der Waals surface area contributed by atoms with Crippen LogP contribution in [-0.2, 0) is 10.0 Å². The van der Waals surface area contributed by atoms with Crippen LogP contribution in [0.3, 0.4) is 0 Å². The molecule has 8 heteroatoms. The third-order valence-electron chi connectivity index (χ3n) is 3.80.